The number of hydrogen-bond acceptors (Lipinski definition) is 1. The third-order valence-corrected chi connectivity index (χ3v) is 10.5. The Labute approximate surface area is 333 Å². The average Bonchev–Trinajstić information content (AvgIpc) is 3.24. The van der Waals surface area contributed by atoms with Crippen molar-refractivity contribution in [2.24, 2.45) is 0 Å². The van der Waals surface area contributed by atoms with Gasteiger partial charge in [-0.3, -0.25) is 4.18 Å². The fourth-order valence-corrected chi connectivity index (χ4v) is 7.79. The summed E-state index contributed by atoms with van der Waals surface area (Å²) in [6.07, 6.45) is 3.92. The molecular formula is C38H21BF20OS. The van der Waals surface area contributed by atoms with Gasteiger partial charge in [-0.2, -0.15) is 0 Å². The Kier molecular flexibility index (Phi) is 13.6. The Morgan fingerprint density at radius 1 is 0.361 bits per heavy atom. The quantitative estimate of drug-likeness (QED) is 0.0520. The van der Waals surface area contributed by atoms with Crippen molar-refractivity contribution in [1.29, 1.82) is 0 Å². The monoisotopic (exact) mass is 916 g/mol. The van der Waals surface area contributed by atoms with Crippen molar-refractivity contribution in [3.8, 4) is 5.75 Å². The van der Waals surface area contributed by atoms with Gasteiger partial charge in [0, 0.05) is 0 Å². The van der Waals surface area contributed by atoms with Gasteiger partial charge in [0.05, 0.1) is 0 Å². The smallest absolute Gasteiger partial charge is 0.200 e. The molecule has 328 valence electrons. The molecule has 5 aromatic rings. The molecule has 0 aliphatic heterocycles. The van der Waals surface area contributed by atoms with Crippen molar-refractivity contribution < 1.29 is 92.0 Å². The Morgan fingerprint density at radius 2 is 0.590 bits per heavy atom. The maximum absolute atomic E-state index is 15.4. The maximum Gasteiger partial charge on any atom is 0.200 e. The van der Waals surface area contributed by atoms with Crippen LogP contribution in [-0.4, -0.2) is 18.7 Å². The van der Waals surface area contributed by atoms with Gasteiger partial charge in [0.1, 0.15) is 65.2 Å². The summed E-state index contributed by atoms with van der Waals surface area (Å²) in [6, 6.07) is 8.74. The van der Waals surface area contributed by atoms with Crippen LogP contribution in [0.5, 0.6) is 5.75 Å². The van der Waals surface area contributed by atoms with Crippen LogP contribution < -0.4 is 26.0 Å². The highest BCUT2D eigenvalue weighted by Crippen LogP contribution is 2.34. The minimum atomic E-state index is -7.22. The van der Waals surface area contributed by atoms with Gasteiger partial charge in [0.2, 0.25) is 0 Å². The molecule has 1 fully saturated rings. The summed E-state index contributed by atoms with van der Waals surface area (Å²) in [5.41, 5.74) is -12.8. The van der Waals surface area contributed by atoms with Gasteiger partial charge in [0.25, 0.3) is 0 Å². The van der Waals surface area contributed by atoms with Gasteiger partial charge < -0.3 is 0 Å². The van der Waals surface area contributed by atoms with E-state index in [0.29, 0.717) is 0 Å². The predicted octanol–water partition coefficient (Wildman–Crippen LogP) is 9.75. The highest BCUT2D eigenvalue weighted by Gasteiger charge is 2.52. The number of hydrogen-bond donors (Lipinski definition) is 0. The van der Waals surface area contributed by atoms with E-state index in [1.807, 2.05) is 0 Å². The topological polar surface area (TPSA) is 9.23 Å². The molecule has 0 radical (unpaired) electrons. The first-order valence-electron chi connectivity index (χ1n) is 17.0. The van der Waals surface area contributed by atoms with Crippen LogP contribution in [-0.2, 0) is 11.2 Å². The van der Waals surface area contributed by atoms with E-state index in [9.17, 15) is 52.7 Å². The summed E-state index contributed by atoms with van der Waals surface area (Å²) in [6.45, 7) is 0. The first-order valence-corrected chi connectivity index (χ1v) is 19.0. The molecule has 61 heavy (non-hydrogen) atoms. The van der Waals surface area contributed by atoms with E-state index in [-0.39, 0.29) is 11.2 Å². The van der Waals surface area contributed by atoms with Crippen LogP contribution in [0.2, 0.25) is 0 Å². The number of rotatable bonds is 7. The summed E-state index contributed by atoms with van der Waals surface area (Å²) in [4.78, 5) is 0. The SMILES string of the molecule is C[S+](C)Oc1ccc(C2CCCCC2)cc1.Fc1c(F)c(F)c([B-](c2c(F)c(F)c(F)c(F)c2F)(c2c(F)c(F)c(F)c(F)c2F)c2c(F)c(F)c(F)c(F)c2F)c(F)c1F. The Morgan fingerprint density at radius 3 is 0.820 bits per heavy atom. The van der Waals surface area contributed by atoms with Crippen molar-refractivity contribution in [3.05, 3.63) is 146 Å². The molecule has 6 rings (SSSR count). The summed E-state index contributed by atoms with van der Waals surface area (Å²) < 4.78 is 300. The third kappa shape index (κ3) is 7.74. The normalized spacial score (nSPS) is 13.5. The van der Waals surface area contributed by atoms with Gasteiger partial charge >= 0.3 is 0 Å². The fourth-order valence-electron chi connectivity index (χ4n) is 7.30. The van der Waals surface area contributed by atoms with Crippen LogP contribution in [0.15, 0.2) is 24.3 Å². The van der Waals surface area contributed by atoms with Crippen LogP contribution in [0, 0.1) is 116 Å². The van der Waals surface area contributed by atoms with Crippen LogP contribution in [0.25, 0.3) is 0 Å². The van der Waals surface area contributed by atoms with Gasteiger partial charge in [-0.1, -0.05) is 31.4 Å². The van der Waals surface area contributed by atoms with Crippen LogP contribution in [0.3, 0.4) is 0 Å². The summed E-state index contributed by atoms with van der Waals surface area (Å²) in [5, 5.41) is 0. The zero-order valence-electron chi connectivity index (χ0n) is 30.4. The Hall–Kier alpha value is -5.09. The number of halogens is 20. The lowest BCUT2D eigenvalue weighted by Gasteiger charge is -2.44. The largest absolute Gasteiger partial charge is 0.287 e. The molecule has 0 spiro atoms. The minimum absolute atomic E-state index is 0.0221. The van der Waals surface area contributed by atoms with E-state index in [4.69, 9.17) is 4.18 Å². The lowest BCUT2D eigenvalue weighted by molar-refractivity contribution is 0.378. The second-order valence-electron chi connectivity index (χ2n) is 13.5. The molecule has 0 atom stereocenters. The van der Waals surface area contributed by atoms with Crippen molar-refractivity contribution in [1.82, 2.24) is 0 Å². The van der Waals surface area contributed by atoms with E-state index in [1.165, 1.54) is 37.7 Å². The van der Waals surface area contributed by atoms with Crippen molar-refractivity contribution in [2.45, 2.75) is 38.0 Å². The minimum Gasteiger partial charge on any atom is -0.287 e. The molecule has 0 N–H and O–H groups in total. The van der Waals surface area contributed by atoms with Gasteiger partial charge in [-0.25, -0.2) is 87.8 Å². The van der Waals surface area contributed by atoms with Gasteiger partial charge in [-0.15, -0.1) is 21.9 Å². The molecule has 23 heteroatoms. The van der Waals surface area contributed by atoms with Gasteiger partial charge in [-0.05, 0) is 36.5 Å². The molecule has 1 nitrogen and oxygen atoms in total. The van der Waals surface area contributed by atoms with Crippen molar-refractivity contribution >= 4 is 39.2 Å². The summed E-state index contributed by atoms with van der Waals surface area (Å²) in [7, 11) is 0. The lowest BCUT2D eigenvalue weighted by Crippen LogP contribution is -2.81. The van der Waals surface area contributed by atoms with E-state index < -0.39 is 144 Å². The van der Waals surface area contributed by atoms with Crippen molar-refractivity contribution in [3.63, 3.8) is 0 Å². The standard InChI is InChI=1S/C24BF20.C14H21OS/c26-5-1(6(27)14(35)21(42)13(5)34)25(2-7(28)15(36)22(43)16(37)8(2)29,3-9(30)17(38)23(44)18(39)10(3)31)4-11(32)19(40)24(45)20(41)12(4)33;1-16(2)15-14-10-8-13(9-11-14)12-6-4-3-5-7-12/h;8-12H,3-7H2,1-2H3/q-1;+1. The Bertz CT molecular complexity index is 2140. The molecule has 0 aromatic heterocycles. The summed E-state index contributed by atoms with van der Waals surface area (Å²) in [5.74, 6) is -69.6. The maximum atomic E-state index is 15.4. The molecule has 0 amide bonds. The predicted molar refractivity (Wildman–Crippen MR) is 181 cm³/mol. The van der Waals surface area contributed by atoms with Crippen molar-refractivity contribution in [2.75, 3.05) is 12.5 Å². The van der Waals surface area contributed by atoms with E-state index in [2.05, 4.69) is 36.8 Å². The summed E-state index contributed by atoms with van der Waals surface area (Å²) >= 11 is 0.0221. The molecule has 0 bridgehead atoms. The molecule has 1 aliphatic rings. The average molecular weight is 916 g/mol. The van der Waals surface area contributed by atoms with Crippen LogP contribution in [0.1, 0.15) is 43.6 Å². The molecule has 0 heterocycles. The fraction of sp³-hybridized carbons (Fsp3) is 0.211. The first-order chi connectivity index (χ1) is 28.5. The molecule has 5 aromatic carbocycles. The van der Waals surface area contributed by atoms with E-state index in [1.54, 1.807) is 0 Å². The second kappa shape index (κ2) is 17.7. The highest BCUT2D eigenvalue weighted by atomic mass is 32.2. The molecular weight excluding hydrogens is 895 g/mol. The third-order valence-electron chi connectivity index (χ3n) is 9.93. The van der Waals surface area contributed by atoms with E-state index in [0.717, 1.165) is 11.7 Å². The van der Waals surface area contributed by atoms with Crippen LogP contribution in [0.4, 0.5) is 87.8 Å². The molecule has 1 aliphatic carbocycles. The zero-order chi connectivity index (χ0) is 45.7. The number of benzene rings is 5. The lowest BCUT2D eigenvalue weighted by atomic mass is 9.12. The Balaban J connectivity index is 0.000000366. The molecule has 1 saturated carbocycles. The molecule has 0 saturated heterocycles. The second-order valence-corrected chi connectivity index (χ2v) is 15.2. The molecule has 0 unspecified atom stereocenters. The first kappa shape index (κ1) is 47.0. The zero-order valence-corrected chi connectivity index (χ0v) is 31.2. The van der Waals surface area contributed by atoms with E-state index >= 15 is 35.1 Å². The van der Waals surface area contributed by atoms with Crippen LogP contribution >= 0.6 is 0 Å². The highest BCUT2D eigenvalue weighted by molar-refractivity contribution is 7.91. The van der Waals surface area contributed by atoms with Gasteiger partial charge in [0.15, 0.2) is 86.7 Å².